The average molecular weight is 797 g/mol. The predicted octanol–water partition coefficient (Wildman–Crippen LogP) is 14.8. The van der Waals surface area contributed by atoms with E-state index in [1.165, 1.54) is 0 Å². The van der Waals surface area contributed by atoms with E-state index >= 15 is 0 Å². The fourth-order valence-electron chi connectivity index (χ4n) is 8.44. The summed E-state index contributed by atoms with van der Waals surface area (Å²) in [6.45, 7) is 0. The van der Waals surface area contributed by atoms with Crippen LogP contribution in [0.25, 0.3) is 77.2 Å². The summed E-state index contributed by atoms with van der Waals surface area (Å²) in [5.41, 5.74) is 12.5. The zero-order valence-corrected chi connectivity index (χ0v) is 33.8. The second-order valence-electron chi connectivity index (χ2n) is 15.3. The van der Waals surface area contributed by atoms with Crippen LogP contribution in [-0.4, -0.2) is 11.8 Å². The lowest BCUT2D eigenvalue weighted by atomic mass is 9.94. The summed E-state index contributed by atoms with van der Waals surface area (Å²) >= 11 is 0. The van der Waals surface area contributed by atoms with Crippen LogP contribution in [0.2, 0.25) is 0 Å². The zero-order chi connectivity index (χ0) is 41.8. The van der Waals surface area contributed by atoms with E-state index in [1.807, 2.05) is 133 Å². The van der Waals surface area contributed by atoms with E-state index in [2.05, 4.69) is 108 Å². The Kier molecular flexibility index (Phi) is 10.2. The second-order valence-corrected chi connectivity index (χ2v) is 15.3. The summed E-state index contributed by atoms with van der Waals surface area (Å²) in [7, 11) is 0. The summed E-state index contributed by atoms with van der Waals surface area (Å²) in [6, 6.07) is 77.2. The Hall–Kier alpha value is -8.34. The lowest BCUT2D eigenvalue weighted by Crippen LogP contribution is -2.14. The van der Waals surface area contributed by atoms with Crippen molar-refractivity contribution in [1.82, 2.24) is 0 Å². The maximum absolute atomic E-state index is 14.1. The molecule has 2 amide bonds. The van der Waals surface area contributed by atoms with Crippen molar-refractivity contribution >= 4 is 44.7 Å². The molecule has 4 nitrogen and oxygen atoms in total. The summed E-state index contributed by atoms with van der Waals surface area (Å²) in [6.07, 6.45) is 0. The monoisotopic (exact) mass is 796 g/mol. The highest BCUT2D eigenvalue weighted by Gasteiger charge is 2.19. The van der Waals surface area contributed by atoms with Crippen LogP contribution < -0.4 is 10.6 Å². The van der Waals surface area contributed by atoms with E-state index in [0.29, 0.717) is 11.1 Å². The first-order valence-electron chi connectivity index (χ1n) is 20.8. The Morgan fingerprint density at radius 2 is 0.581 bits per heavy atom. The molecular weight excluding hydrogens is 757 g/mol. The lowest BCUT2D eigenvalue weighted by molar-refractivity contribution is 0.101. The van der Waals surface area contributed by atoms with Crippen molar-refractivity contribution in [3.8, 4) is 55.6 Å². The molecule has 0 aliphatic heterocycles. The molecule has 0 atom stereocenters. The maximum atomic E-state index is 14.1. The summed E-state index contributed by atoms with van der Waals surface area (Å²) < 4.78 is 0. The van der Waals surface area contributed by atoms with E-state index in [9.17, 15) is 9.59 Å². The molecule has 0 saturated carbocycles. The first-order chi connectivity index (χ1) is 30.6. The zero-order valence-electron chi connectivity index (χ0n) is 33.8. The highest BCUT2D eigenvalue weighted by molar-refractivity contribution is 6.16. The fourth-order valence-corrected chi connectivity index (χ4v) is 8.44. The van der Waals surface area contributed by atoms with Gasteiger partial charge in [0.1, 0.15) is 0 Å². The standard InChI is InChI=1S/C58H40N2O2/c61-57(53-25-13-11-21-47(53)41-15-3-1-4-16-41)59-55-49-23-9-7-19-43(49)35-37-51(55)45-31-27-39(28-32-45)40-29-33-46(34-30-40)52-38-36-44-20-8-10-24-50(44)56(52)60-58(62)54-26-14-12-22-48(54)42-17-5-2-6-18-42/h1-38H,(H,59,61)(H,60,62). The maximum Gasteiger partial charge on any atom is 0.256 e. The number of nitrogens with one attached hydrogen (secondary N) is 2. The molecule has 0 unspecified atom stereocenters. The van der Waals surface area contributed by atoms with Gasteiger partial charge in [0.15, 0.2) is 0 Å². The van der Waals surface area contributed by atoms with Gasteiger partial charge in [0, 0.05) is 33.0 Å². The number of rotatable bonds is 9. The third kappa shape index (κ3) is 7.42. The van der Waals surface area contributed by atoms with Gasteiger partial charge in [0.2, 0.25) is 0 Å². The molecule has 0 bridgehead atoms. The average Bonchev–Trinajstić information content (AvgIpc) is 3.35. The topological polar surface area (TPSA) is 58.2 Å². The minimum absolute atomic E-state index is 0.162. The number of carbonyl (C=O) groups is 2. The van der Waals surface area contributed by atoms with Crippen LogP contribution >= 0.6 is 0 Å². The third-order valence-corrected chi connectivity index (χ3v) is 11.6. The Morgan fingerprint density at radius 3 is 1.00 bits per heavy atom. The molecule has 0 spiro atoms. The van der Waals surface area contributed by atoms with Gasteiger partial charge in [-0.1, -0.05) is 218 Å². The first-order valence-corrected chi connectivity index (χ1v) is 20.8. The van der Waals surface area contributed by atoms with Crippen molar-refractivity contribution in [1.29, 1.82) is 0 Å². The van der Waals surface area contributed by atoms with Gasteiger partial charge < -0.3 is 10.6 Å². The highest BCUT2D eigenvalue weighted by atomic mass is 16.2. The largest absolute Gasteiger partial charge is 0.321 e. The Balaban J connectivity index is 0.952. The normalized spacial score (nSPS) is 11.0. The van der Waals surface area contributed by atoms with E-state index in [-0.39, 0.29) is 11.8 Å². The van der Waals surface area contributed by atoms with Crippen LogP contribution in [0.1, 0.15) is 20.7 Å². The number of anilines is 2. The van der Waals surface area contributed by atoms with Gasteiger partial charge in [-0.3, -0.25) is 9.59 Å². The van der Waals surface area contributed by atoms with Crippen molar-refractivity contribution in [2.75, 3.05) is 10.6 Å². The molecule has 2 N–H and O–H groups in total. The molecule has 10 aromatic rings. The van der Waals surface area contributed by atoms with E-state index in [1.54, 1.807) is 0 Å². The van der Waals surface area contributed by atoms with Crippen molar-refractivity contribution in [2.24, 2.45) is 0 Å². The van der Waals surface area contributed by atoms with E-state index in [4.69, 9.17) is 0 Å². The summed E-state index contributed by atoms with van der Waals surface area (Å²) in [5, 5.41) is 10.7. The van der Waals surface area contributed by atoms with Crippen LogP contribution in [0.15, 0.2) is 231 Å². The molecular formula is C58H40N2O2. The lowest BCUT2D eigenvalue weighted by Gasteiger charge is -2.17. The van der Waals surface area contributed by atoms with Crippen LogP contribution in [0, 0.1) is 0 Å². The molecule has 0 aliphatic rings. The molecule has 0 radical (unpaired) electrons. The number of benzene rings is 10. The van der Waals surface area contributed by atoms with Gasteiger partial charge in [-0.25, -0.2) is 0 Å². The molecule has 0 heterocycles. The smallest absolute Gasteiger partial charge is 0.256 e. The SMILES string of the molecule is O=C(Nc1c(-c2ccc(-c3ccc(-c4ccc5ccccc5c4NC(=O)c4ccccc4-c4ccccc4)cc3)cc2)ccc2ccccc12)c1ccccc1-c1ccccc1. The van der Waals surface area contributed by atoms with E-state index < -0.39 is 0 Å². The number of carbonyl (C=O) groups excluding carboxylic acids is 2. The fraction of sp³-hybridized carbons (Fsp3) is 0. The van der Waals surface area contributed by atoms with Gasteiger partial charge in [-0.15, -0.1) is 0 Å². The Labute approximate surface area is 360 Å². The molecule has 10 aromatic carbocycles. The molecule has 0 saturated heterocycles. The van der Waals surface area contributed by atoms with Gasteiger partial charge in [-0.05, 0) is 67.4 Å². The van der Waals surface area contributed by atoms with Gasteiger partial charge in [0.05, 0.1) is 11.4 Å². The highest BCUT2D eigenvalue weighted by Crippen LogP contribution is 2.39. The molecule has 294 valence electrons. The first kappa shape index (κ1) is 37.9. The van der Waals surface area contributed by atoms with Gasteiger partial charge >= 0.3 is 0 Å². The van der Waals surface area contributed by atoms with Crippen molar-refractivity contribution in [3.05, 3.63) is 242 Å². The minimum atomic E-state index is -0.162. The van der Waals surface area contributed by atoms with Crippen LogP contribution in [0.3, 0.4) is 0 Å². The van der Waals surface area contributed by atoms with Crippen LogP contribution in [0.4, 0.5) is 11.4 Å². The Bertz CT molecular complexity index is 3030. The number of fused-ring (bicyclic) bond motifs is 2. The molecule has 62 heavy (non-hydrogen) atoms. The molecule has 0 fully saturated rings. The second kappa shape index (κ2) is 16.7. The van der Waals surface area contributed by atoms with Crippen molar-refractivity contribution < 1.29 is 9.59 Å². The van der Waals surface area contributed by atoms with E-state index in [0.717, 1.165) is 88.6 Å². The number of hydrogen-bond donors (Lipinski definition) is 2. The predicted molar refractivity (Wildman–Crippen MR) is 257 cm³/mol. The summed E-state index contributed by atoms with van der Waals surface area (Å²) in [4.78, 5) is 28.3. The van der Waals surface area contributed by atoms with Gasteiger partial charge in [0.25, 0.3) is 11.8 Å². The number of amides is 2. The molecule has 0 aliphatic carbocycles. The third-order valence-electron chi connectivity index (χ3n) is 11.6. The summed E-state index contributed by atoms with van der Waals surface area (Å²) in [5.74, 6) is -0.324. The van der Waals surface area contributed by atoms with Crippen LogP contribution in [-0.2, 0) is 0 Å². The van der Waals surface area contributed by atoms with Crippen LogP contribution in [0.5, 0.6) is 0 Å². The molecule has 10 rings (SSSR count). The molecule has 0 aromatic heterocycles. The quantitative estimate of drug-likeness (QED) is 0.153. The van der Waals surface area contributed by atoms with Gasteiger partial charge in [-0.2, -0.15) is 0 Å². The van der Waals surface area contributed by atoms with Crippen molar-refractivity contribution in [3.63, 3.8) is 0 Å². The Morgan fingerprint density at radius 1 is 0.258 bits per heavy atom. The minimum Gasteiger partial charge on any atom is -0.321 e. The van der Waals surface area contributed by atoms with Crippen molar-refractivity contribution in [2.45, 2.75) is 0 Å². The molecule has 4 heteroatoms. The number of hydrogen-bond acceptors (Lipinski definition) is 2.